The molecule has 280 valence electrons. The number of para-hydroxylation sites is 1. The number of hydrogen-bond acceptors (Lipinski definition) is 8. The molecule has 2 aliphatic heterocycles. The number of methoxy groups -OCH3 is 2. The van der Waals surface area contributed by atoms with Crippen LogP contribution in [0, 0.1) is 5.92 Å². The predicted octanol–water partition coefficient (Wildman–Crippen LogP) is 8.16. The quantitative estimate of drug-likeness (QED) is 0.118. The zero-order chi connectivity index (χ0) is 37.4. The molecule has 4 atom stereocenters. The second kappa shape index (κ2) is 17.2. The molecule has 0 aromatic heterocycles. The Morgan fingerprint density at radius 2 is 1.44 bits per heavy atom. The van der Waals surface area contributed by atoms with Gasteiger partial charge in [-0.3, -0.25) is 4.90 Å². The highest BCUT2D eigenvalue weighted by molar-refractivity contribution is 5.89. The number of anilines is 1. The van der Waals surface area contributed by atoms with Crippen LogP contribution >= 0.6 is 0 Å². The minimum atomic E-state index is -0.589. The fourth-order valence-electron chi connectivity index (χ4n) is 7.06. The summed E-state index contributed by atoms with van der Waals surface area (Å²) in [6.07, 6.45) is -0.00932. The smallest absolute Gasteiger partial charge is 0.319 e. The maximum absolute atomic E-state index is 12.7. The maximum atomic E-state index is 12.7. The van der Waals surface area contributed by atoms with Crippen LogP contribution in [-0.4, -0.2) is 49.5 Å². The Morgan fingerprint density at radius 1 is 0.796 bits per heavy atom. The number of carbonyl (C=O) groups is 1. The number of rotatable bonds is 12. The Kier molecular flexibility index (Phi) is 11.7. The number of aliphatic hydroxyl groups excluding tert-OH is 1. The van der Waals surface area contributed by atoms with E-state index in [4.69, 9.17) is 23.7 Å². The number of nitrogens with one attached hydrogen (secondary N) is 2. The lowest BCUT2D eigenvalue weighted by molar-refractivity contribution is -0.276. The molecule has 7 rings (SSSR count). The third-order valence-corrected chi connectivity index (χ3v) is 10.2. The van der Waals surface area contributed by atoms with Crippen LogP contribution in [0.3, 0.4) is 0 Å². The van der Waals surface area contributed by atoms with Crippen molar-refractivity contribution in [3.05, 3.63) is 149 Å². The van der Waals surface area contributed by atoms with Gasteiger partial charge in [0.05, 0.1) is 33.0 Å². The van der Waals surface area contributed by atoms with Gasteiger partial charge in [-0.1, -0.05) is 73.7 Å². The average molecular weight is 730 g/mol. The molecule has 10 nitrogen and oxygen atoms in total. The fraction of sp³-hybridized carbons (Fsp3) is 0.295. The van der Waals surface area contributed by atoms with Crippen molar-refractivity contribution in [3.8, 4) is 23.0 Å². The van der Waals surface area contributed by atoms with Crippen molar-refractivity contribution in [1.29, 1.82) is 0 Å². The van der Waals surface area contributed by atoms with Crippen molar-refractivity contribution < 1.29 is 33.6 Å². The molecule has 0 saturated carbocycles. The van der Waals surface area contributed by atoms with E-state index in [0.29, 0.717) is 18.0 Å². The number of nitrogens with zero attached hydrogens (tertiary/aromatic N) is 1. The molecular weight excluding hydrogens is 682 g/mol. The van der Waals surface area contributed by atoms with Gasteiger partial charge >= 0.3 is 6.03 Å². The summed E-state index contributed by atoms with van der Waals surface area (Å²) < 4.78 is 30.4. The van der Waals surface area contributed by atoms with Gasteiger partial charge in [0, 0.05) is 43.3 Å². The summed E-state index contributed by atoms with van der Waals surface area (Å²) in [6, 6.07) is 36.6. The number of carbonyl (C=O) groups excluding carboxylic acids is 1. The average Bonchev–Trinajstić information content (AvgIpc) is 3.21. The molecule has 2 amide bonds. The largest absolute Gasteiger partial charge is 0.493 e. The van der Waals surface area contributed by atoms with E-state index in [1.165, 1.54) is 11.1 Å². The third kappa shape index (κ3) is 8.86. The van der Waals surface area contributed by atoms with Gasteiger partial charge in [0.25, 0.3) is 0 Å². The van der Waals surface area contributed by atoms with Gasteiger partial charge in [-0.15, -0.1) is 0 Å². The van der Waals surface area contributed by atoms with Crippen LogP contribution in [0.2, 0.25) is 0 Å². The molecule has 5 aromatic rings. The highest BCUT2D eigenvalue weighted by Gasteiger charge is 2.39. The van der Waals surface area contributed by atoms with Crippen molar-refractivity contribution in [2.24, 2.45) is 5.92 Å². The van der Waals surface area contributed by atoms with Gasteiger partial charge in [0.1, 0.15) is 11.5 Å². The summed E-state index contributed by atoms with van der Waals surface area (Å²) in [6.45, 7) is 4.94. The van der Waals surface area contributed by atoms with Gasteiger partial charge in [-0.2, -0.15) is 0 Å². The lowest BCUT2D eigenvalue weighted by Crippen LogP contribution is -2.45. The molecule has 3 N–H and O–H groups in total. The van der Waals surface area contributed by atoms with E-state index >= 15 is 0 Å². The summed E-state index contributed by atoms with van der Waals surface area (Å²) >= 11 is 0. The number of benzene rings is 5. The van der Waals surface area contributed by atoms with Gasteiger partial charge in [-0.25, -0.2) is 4.79 Å². The minimum absolute atomic E-state index is 0.0105. The predicted molar refractivity (Wildman–Crippen MR) is 207 cm³/mol. The van der Waals surface area contributed by atoms with E-state index in [1.807, 2.05) is 91.0 Å². The number of aliphatic hydroxyl groups is 1. The van der Waals surface area contributed by atoms with E-state index < -0.39 is 6.29 Å². The van der Waals surface area contributed by atoms with E-state index in [2.05, 4.69) is 34.6 Å². The number of amides is 2. The van der Waals surface area contributed by atoms with Gasteiger partial charge in [0.15, 0.2) is 17.8 Å². The van der Waals surface area contributed by atoms with Crippen LogP contribution in [0.15, 0.2) is 115 Å². The number of ether oxygens (including phenoxy) is 5. The SMILES string of the molecule is COc1cc2c(cc1OC)CN(C[C@H]1O[C@@H](c3ccc(CNC(=O)Nc4ccc(Oc5ccccc5)cc4)cc3)O[C@@H](c3ccc(CO)cc3)[C@H]1C)CC2. The van der Waals surface area contributed by atoms with Crippen LogP contribution in [0.5, 0.6) is 23.0 Å². The summed E-state index contributed by atoms with van der Waals surface area (Å²) in [5, 5.41) is 15.5. The molecule has 2 aliphatic rings. The van der Waals surface area contributed by atoms with Gasteiger partial charge in [-0.05, 0) is 82.8 Å². The van der Waals surface area contributed by atoms with Crippen molar-refractivity contribution in [2.75, 3.05) is 32.6 Å². The molecule has 10 heteroatoms. The highest BCUT2D eigenvalue weighted by atomic mass is 16.7. The van der Waals surface area contributed by atoms with E-state index in [0.717, 1.165) is 65.6 Å². The Labute approximate surface area is 316 Å². The Balaban J connectivity index is 0.995. The Morgan fingerprint density at radius 3 is 2.13 bits per heavy atom. The van der Waals surface area contributed by atoms with Crippen LogP contribution in [-0.2, 0) is 35.6 Å². The van der Waals surface area contributed by atoms with Gasteiger partial charge in [0.2, 0.25) is 0 Å². The standard InChI is InChI=1S/C44H47N3O7/c1-29-41(27-47-22-21-34-23-39(50-2)40(51-3)24-35(34)26-47)53-43(54-42(29)32-13-11-31(28-48)12-14-32)33-15-9-30(10-16-33)25-45-44(49)46-36-17-19-38(20-18-36)52-37-7-5-4-6-8-37/h4-20,23-24,29,41-43,48H,21-22,25-28H2,1-3H3,(H2,45,46,49)/t29-,41+,42+,43+/m0/s1. The summed E-state index contributed by atoms with van der Waals surface area (Å²) in [5.41, 5.74) is 6.91. The van der Waals surface area contributed by atoms with Crippen LogP contribution in [0.25, 0.3) is 0 Å². The van der Waals surface area contributed by atoms with Crippen LogP contribution in [0.1, 0.15) is 52.7 Å². The first-order valence-corrected chi connectivity index (χ1v) is 18.3. The minimum Gasteiger partial charge on any atom is -0.493 e. The molecule has 0 aliphatic carbocycles. The molecule has 1 fully saturated rings. The lowest BCUT2D eigenvalue weighted by atomic mass is 9.89. The highest BCUT2D eigenvalue weighted by Crippen LogP contribution is 2.42. The number of hydrogen-bond donors (Lipinski definition) is 3. The molecule has 2 heterocycles. The van der Waals surface area contributed by atoms with E-state index in [-0.39, 0.29) is 30.8 Å². The second-order valence-electron chi connectivity index (χ2n) is 13.8. The Bertz CT molecular complexity index is 1990. The first-order chi connectivity index (χ1) is 26.4. The number of urea groups is 1. The van der Waals surface area contributed by atoms with Crippen molar-refractivity contribution >= 4 is 11.7 Å². The monoisotopic (exact) mass is 729 g/mol. The number of fused-ring (bicyclic) bond motifs is 1. The lowest BCUT2D eigenvalue weighted by Gasteiger charge is -2.43. The van der Waals surface area contributed by atoms with Crippen LogP contribution < -0.4 is 24.8 Å². The molecular formula is C44H47N3O7. The molecule has 5 aromatic carbocycles. The second-order valence-corrected chi connectivity index (χ2v) is 13.8. The first-order valence-electron chi connectivity index (χ1n) is 18.3. The molecule has 0 radical (unpaired) electrons. The van der Waals surface area contributed by atoms with Crippen molar-refractivity contribution in [1.82, 2.24) is 10.2 Å². The van der Waals surface area contributed by atoms with Crippen molar-refractivity contribution in [3.63, 3.8) is 0 Å². The molecule has 0 spiro atoms. The summed E-state index contributed by atoms with van der Waals surface area (Å²) in [4.78, 5) is 15.2. The topological polar surface area (TPSA) is 111 Å². The summed E-state index contributed by atoms with van der Waals surface area (Å²) in [7, 11) is 3.34. The zero-order valence-electron chi connectivity index (χ0n) is 30.9. The van der Waals surface area contributed by atoms with Crippen molar-refractivity contribution in [2.45, 2.75) is 51.5 Å². The zero-order valence-corrected chi connectivity index (χ0v) is 30.9. The maximum Gasteiger partial charge on any atom is 0.319 e. The van der Waals surface area contributed by atoms with E-state index in [1.54, 1.807) is 26.4 Å². The molecule has 0 unspecified atom stereocenters. The molecule has 0 bridgehead atoms. The summed E-state index contributed by atoms with van der Waals surface area (Å²) in [5.74, 6) is 2.98. The fourth-order valence-corrected chi connectivity index (χ4v) is 7.06. The molecule has 54 heavy (non-hydrogen) atoms. The normalized spacial score (nSPS) is 19.7. The molecule has 1 saturated heterocycles. The Hall–Kier alpha value is -5.39. The van der Waals surface area contributed by atoms with E-state index in [9.17, 15) is 9.90 Å². The third-order valence-electron chi connectivity index (χ3n) is 10.2. The van der Waals surface area contributed by atoms with Gasteiger partial charge < -0.3 is 39.4 Å². The van der Waals surface area contributed by atoms with Crippen LogP contribution in [0.4, 0.5) is 10.5 Å². The first kappa shape index (κ1) is 36.9.